The zero-order chi connectivity index (χ0) is 12.0. The van der Waals surface area contributed by atoms with Crippen LogP contribution >= 0.6 is 0 Å². The van der Waals surface area contributed by atoms with Gasteiger partial charge in [-0.1, -0.05) is 13.8 Å². The molecule has 15 heavy (non-hydrogen) atoms. The molecule has 0 aromatic rings. The molecular formula is C11H20O4. The Morgan fingerprint density at radius 2 is 1.73 bits per heavy atom. The van der Waals surface area contributed by atoms with Gasteiger partial charge in [0, 0.05) is 6.61 Å². The summed E-state index contributed by atoms with van der Waals surface area (Å²) in [5.74, 6) is -1.50. The van der Waals surface area contributed by atoms with Crippen LogP contribution in [0, 0.1) is 11.8 Å². The van der Waals surface area contributed by atoms with Gasteiger partial charge >= 0.3 is 5.97 Å². The van der Waals surface area contributed by atoms with E-state index in [1.165, 1.54) is 7.11 Å². The number of hydrogen-bond donors (Lipinski definition) is 0. The normalized spacial score (nSPS) is 14.8. The van der Waals surface area contributed by atoms with E-state index in [0.29, 0.717) is 6.61 Å². The summed E-state index contributed by atoms with van der Waals surface area (Å²) in [6.45, 7) is 7.56. The van der Waals surface area contributed by atoms with E-state index in [1.807, 2.05) is 20.8 Å². The fourth-order valence-corrected chi connectivity index (χ4v) is 1.43. The Bertz CT molecular complexity index is 223. The van der Waals surface area contributed by atoms with Gasteiger partial charge in [-0.2, -0.15) is 0 Å². The first kappa shape index (κ1) is 14.1. The van der Waals surface area contributed by atoms with E-state index in [2.05, 4.69) is 4.74 Å². The summed E-state index contributed by atoms with van der Waals surface area (Å²) in [5, 5.41) is 0. The number of Topliss-reactive ketones (excluding diaryl/α,β-unsaturated/α-hetero) is 1. The van der Waals surface area contributed by atoms with Crippen LogP contribution < -0.4 is 0 Å². The fraction of sp³-hybridized carbons (Fsp3) is 0.818. The van der Waals surface area contributed by atoms with Gasteiger partial charge in [0.2, 0.25) is 0 Å². The van der Waals surface area contributed by atoms with E-state index in [1.54, 1.807) is 6.92 Å². The number of ether oxygens (including phenoxy) is 2. The van der Waals surface area contributed by atoms with Gasteiger partial charge in [0.1, 0.15) is 12.0 Å². The SMILES string of the molecule is CCOC(C)C(=O)C(C(=O)OC)C(C)C. The number of carbonyl (C=O) groups is 2. The van der Waals surface area contributed by atoms with Gasteiger partial charge in [-0.3, -0.25) is 9.59 Å². The summed E-state index contributed by atoms with van der Waals surface area (Å²) < 4.78 is 9.78. The largest absolute Gasteiger partial charge is 0.468 e. The van der Waals surface area contributed by atoms with Crippen LogP contribution in [0.2, 0.25) is 0 Å². The molecule has 0 spiro atoms. The molecule has 0 fully saturated rings. The lowest BCUT2D eigenvalue weighted by molar-refractivity contribution is -0.154. The number of esters is 1. The van der Waals surface area contributed by atoms with E-state index in [4.69, 9.17) is 4.74 Å². The van der Waals surface area contributed by atoms with Crippen molar-refractivity contribution in [2.24, 2.45) is 11.8 Å². The number of rotatable bonds is 6. The highest BCUT2D eigenvalue weighted by atomic mass is 16.5. The predicted molar refractivity (Wildman–Crippen MR) is 56.4 cm³/mol. The molecule has 0 amide bonds. The van der Waals surface area contributed by atoms with Crippen LogP contribution in [-0.4, -0.2) is 31.6 Å². The summed E-state index contributed by atoms with van der Waals surface area (Å²) in [5.41, 5.74) is 0. The van der Waals surface area contributed by atoms with Crippen LogP contribution in [0.4, 0.5) is 0 Å². The van der Waals surface area contributed by atoms with Crippen molar-refractivity contribution in [1.82, 2.24) is 0 Å². The van der Waals surface area contributed by atoms with Crippen LogP contribution in [0.3, 0.4) is 0 Å². The first-order valence-corrected chi connectivity index (χ1v) is 5.18. The highest BCUT2D eigenvalue weighted by molar-refractivity contribution is 6.01. The average Bonchev–Trinajstić information content (AvgIpc) is 2.17. The van der Waals surface area contributed by atoms with E-state index in [-0.39, 0.29) is 11.7 Å². The first-order chi connectivity index (χ1) is 6.95. The van der Waals surface area contributed by atoms with Crippen molar-refractivity contribution in [1.29, 1.82) is 0 Å². The van der Waals surface area contributed by atoms with Gasteiger partial charge in [0.25, 0.3) is 0 Å². The lowest BCUT2D eigenvalue weighted by Crippen LogP contribution is -2.37. The van der Waals surface area contributed by atoms with Crippen molar-refractivity contribution in [3.63, 3.8) is 0 Å². The molecule has 4 nitrogen and oxygen atoms in total. The molecule has 0 aromatic carbocycles. The summed E-state index contributed by atoms with van der Waals surface area (Å²) >= 11 is 0. The highest BCUT2D eigenvalue weighted by Crippen LogP contribution is 2.16. The Morgan fingerprint density at radius 1 is 1.20 bits per heavy atom. The monoisotopic (exact) mass is 216 g/mol. The maximum absolute atomic E-state index is 11.8. The van der Waals surface area contributed by atoms with Crippen molar-refractivity contribution in [2.45, 2.75) is 33.8 Å². The van der Waals surface area contributed by atoms with Gasteiger partial charge in [0.15, 0.2) is 5.78 Å². The zero-order valence-corrected chi connectivity index (χ0v) is 10.1. The predicted octanol–water partition coefficient (Wildman–Crippen LogP) is 1.43. The maximum atomic E-state index is 11.8. The summed E-state index contributed by atoms with van der Waals surface area (Å²) in [7, 11) is 1.29. The van der Waals surface area contributed by atoms with Crippen molar-refractivity contribution < 1.29 is 19.1 Å². The van der Waals surface area contributed by atoms with E-state index in [9.17, 15) is 9.59 Å². The Hall–Kier alpha value is -0.900. The lowest BCUT2D eigenvalue weighted by Gasteiger charge is -2.20. The van der Waals surface area contributed by atoms with Crippen LogP contribution in [0.15, 0.2) is 0 Å². The molecule has 2 atom stereocenters. The minimum atomic E-state index is -0.725. The van der Waals surface area contributed by atoms with Gasteiger partial charge in [-0.05, 0) is 19.8 Å². The third-order valence-electron chi connectivity index (χ3n) is 2.25. The van der Waals surface area contributed by atoms with Crippen molar-refractivity contribution in [2.75, 3.05) is 13.7 Å². The minimum Gasteiger partial charge on any atom is -0.468 e. The van der Waals surface area contributed by atoms with Crippen LogP contribution in [0.1, 0.15) is 27.7 Å². The second-order valence-corrected chi connectivity index (χ2v) is 3.74. The molecule has 0 saturated heterocycles. The molecule has 0 aliphatic heterocycles. The van der Waals surface area contributed by atoms with E-state index < -0.39 is 18.0 Å². The Balaban J connectivity index is 4.63. The molecule has 0 radical (unpaired) electrons. The maximum Gasteiger partial charge on any atom is 0.316 e. The smallest absolute Gasteiger partial charge is 0.316 e. The number of carbonyl (C=O) groups excluding carboxylic acids is 2. The molecule has 2 unspecified atom stereocenters. The molecule has 0 rings (SSSR count). The fourth-order valence-electron chi connectivity index (χ4n) is 1.43. The zero-order valence-electron chi connectivity index (χ0n) is 10.1. The average molecular weight is 216 g/mol. The second-order valence-electron chi connectivity index (χ2n) is 3.74. The molecule has 88 valence electrons. The first-order valence-electron chi connectivity index (χ1n) is 5.18. The molecule has 0 aliphatic carbocycles. The molecule has 0 N–H and O–H groups in total. The van der Waals surface area contributed by atoms with Crippen LogP contribution in [0.5, 0.6) is 0 Å². The van der Waals surface area contributed by atoms with Gasteiger partial charge in [0.05, 0.1) is 7.11 Å². The standard InChI is InChI=1S/C11H20O4/c1-6-15-8(4)10(12)9(7(2)3)11(13)14-5/h7-9H,6H2,1-5H3. The molecule has 0 saturated carbocycles. The third-order valence-corrected chi connectivity index (χ3v) is 2.25. The lowest BCUT2D eigenvalue weighted by atomic mass is 9.89. The molecule has 0 bridgehead atoms. The Labute approximate surface area is 90.9 Å². The molecular weight excluding hydrogens is 196 g/mol. The van der Waals surface area contributed by atoms with Crippen LogP contribution in [-0.2, 0) is 19.1 Å². The Morgan fingerprint density at radius 3 is 2.07 bits per heavy atom. The molecule has 0 heterocycles. The quantitative estimate of drug-likeness (QED) is 0.498. The number of methoxy groups -OCH3 is 1. The van der Waals surface area contributed by atoms with Gasteiger partial charge in [-0.15, -0.1) is 0 Å². The van der Waals surface area contributed by atoms with Gasteiger partial charge in [-0.25, -0.2) is 0 Å². The summed E-state index contributed by atoms with van der Waals surface area (Å²) in [4.78, 5) is 23.3. The van der Waals surface area contributed by atoms with Crippen molar-refractivity contribution in [3.05, 3.63) is 0 Å². The number of hydrogen-bond acceptors (Lipinski definition) is 4. The van der Waals surface area contributed by atoms with Crippen molar-refractivity contribution in [3.8, 4) is 0 Å². The van der Waals surface area contributed by atoms with Crippen LogP contribution in [0.25, 0.3) is 0 Å². The van der Waals surface area contributed by atoms with Gasteiger partial charge < -0.3 is 9.47 Å². The van der Waals surface area contributed by atoms with E-state index in [0.717, 1.165) is 0 Å². The molecule has 0 aliphatic rings. The minimum absolute atomic E-state index is 0.0761. The summed E-state index contributed by atoms with van der Waals surface area (Å²) in [6.07, 6.45) is -0.554. The van der Waals surface area contributed by atoms with Crippen molar-refractivity contribution >= 4 is 11.8 Å². The third kappa shape index (κ3) is 4.00. The number of ketones is 1. The Kier molecular flexibility index (Phi) is 6.17. The summed E-state index contributed by atoms with van der Waals surface area (Å²) in [6, 6.07) is 0. The topological polar surface area (TPSA) is 52.6 Å². The van der Waals surface area contributed by atoms with E-state index >= 15 is 0 Å². The highest BCUT2D eigenvalue weighted by Gasteiger charge is 2.33. The molecule has 4 heteroatoms. The second kappa shape index (κ2) is 6.56. The molecule has 0 aromatic heterocycles.